The molecule has 88 valence electrons. The number of aliphatic hydroxyl groups excluding tert-OH is 2. The maximum Gasteiger partial charge on any atom is 0.273 e. The second-order valence-electron chi connectivity index (χ2n) is 3.35. The van der Waals surface area contributed by atoms with Crippen molar-refractivity contribution in [1.29, 1.82) is 0 Å². The van der Waals surface area contributed by atoms with Crippen molar-refractivity contribution in [3.63, 3.8) is 0 Å². The zero-order valence-electron chi connectivity index (χ0n) is 8.67. The Morgan fingerprint density at radius 2 is 2.12 bits per heavy atom. The number of nitrogens with zero attached hydrogens (tertiary/aromatic N) is 1. The van der Waals surface area contributed by atoms with Gasteiger partial charge in [-0.3, -0.25) is 10.1 Å². The number of hydrogen-bond acceptors (Lipinski definition) is 5. The molecular weight excluding hydrogens is 212 g/mol. The molecule has 0 saturated carbocycles. The molecule has 1 rings (SSSR count). The number of rotatable bonds is 6. The van der Waals surface area contributed by atoms with Gasteiger partial charge >= 0.3 is 0 Å². The van der Waals surface area contributed by atoms with Gasteiger partial charge in [0.05, 0.1) is 17.6 Å². The zero-order valence-corrected chi connectivity index (χ0v) is 8.67. The first-order valence-corrected chi connectivity index (χ1v) is 4.87. The minimum atomic E-state index is -0.845. The molecule has 0 aromatic heterocycles. The van der Waals surface area contributed by atoms with E-state index in [1.165, 1.54) is 6.07 Å². The van der Waals surface area contributed by atoms with Gasteiger partial charge in [0.2, 0.25) is 0 Å². The van der Waals surface area contributed by atoms with Crippen molar-refractivity contribution < 1.29 is 15.1 Å². The molecule has 0 aliphatic heterocycles. The average Bonchev–Trinajstić information content (AvgIpc) is 2.29. The van der Waals surface area contributed by atoms with Gasteiger partial charge in [-0.05, 0) is 0 Å². The lowest BCUT2D eigenvalue weighted by Crippen LogP contribution is -2.29. The van der Waals surface area contributed by atoms with Crippen molar-refractivity contribution in [2.75, 3.05) is 13.2 Å². The Kier molecular flexibility index (Phi) is 4.84. The van der Waals surface area contributed by atoms with E-state index in [1.807, 2.05) is 0 Å². The second-order valence-corrected chi connectivity index (χ2v) is 3.35. The summed E-state index contributed by atoms with van der Waals surface area (Å²) < 4.78 is 0. The summed E-state index contributed by atoms with van der Waals surface area (Å²) in [5.41, 5.74) is 0.603. The molecule has 6 heteroatoms. The number of nitrogens with one attached hydrogen (secondary N) is 1. The molecule has 0 radical (unpaired) electrons. The molecule has 1 unspecified atom stereocenters. The Morgan fingerprint density at radius 3 is 2.75 bits per heavy atom. The van der Waals surface area contributed by atoms with Crippen LogP contribution in [0, 0.1) is 10.1 Å². The minimum absolute atomic E-state index is 0.0495. The first-order chi connectivity index (χ1) is 7.65. The van der Waals surface area contributed by atoms with Crippen LogP contribution in [0.2, 0.25) is 0 Å². The highest BCUT2D eigenvalue weighted by Crippen LogP contribution is 2.16. The molecule has 16 heavy (non-hydrogen) atoms. The molecule has 0 bridgehead atoms. The largest absolute Gasteiger partial charge is 0.394 e. The predicted molar refractivity (Wildman–Crippen MR) is 57.9 cm³/mol. The van der Waals surface area contributed by atoms with Gasteiger partial charge in [0.25, 0.3) is 5.69 Å². The summed E-state index contributed by atoms with van der Waals surface area (Å²) in [5, 5.41) is 31.1. The first-order valence-electron chi connectivity index (χ1n) is 4.87. The lowest BCUT2D eigenvalue weighted by Gasteiger charge is -2.08. The standard InChI is InChI=1S/C10H14N2O4/c13-7-9(14)6-11-5-8-3-1-2-4-10(8)12(15)16/h1-4,9,11,13-14H,5-7H2. The van der Waals surface area contributed by atoms with Gasteiger partial charge in [0.15, 0.2) is 0 Å². The molecular formula is C10H14N2O4. The van der Waals surface area contributed by atoms with E-state index in [0.29, 0.717) is 5.56 Å². The molecule has 1 atom stereocenters. The van der Waals surface area contributed by atoms with E-state index in [9.17, 15) is 10.1 Å². The van der Waals surface area contributed by atoms with Gasteiger partial charge in [-0.2, -0.15) is 0 Å². The van der Waals surface area contributed by atoms with Crippen LogP contribution in [0.15, 0.2) is 24.3 Å². The minimum Gasteiger partial charge on any atom is -0.394 e. The molecule has 3 N–H and O–H groups in total. The van der Waals surface area contributed by atoms with Crippen LogP contribution in [0.5, 0.6) is 0 Å². The quantitative estimate of drug-likeness (QED) is 0.470. The SMILES string of the molecule is O=[N+]([O-])c1ccccc1CNCC(O)CO. The third-order valence-corrected chi connectivity index (χ3v) is 2.09. The molecule has 0 aliphatic carbocycles. The van der Waals surface area contributed by atoms with Crippen LogP contribution in [0.3, 0.4) is 0 Å². The summed E-state index contributed by atoms with van der Waals surface area (Å²) in [6.07, 6.45) is -0.845. The van der Waals surface area contributed by atoms with Crippen LogP contribution in [-0.4, -0.2) is 34.4 Å². The smallest absolute Gasteiger partial charge is 0.273 e. The molecule has 0 heterocycles. The van der Waals surface area contributed by atoms with Crippen molar-refractivity contribution >= 4 is 5.69 Å². The lowest BCUT2D eigenvalue weighted by atomic mass is 10.2. The van der Waals surface area contributed by atoms with Crippen LogP contribution >= 0.6 is 0 Å². The maximum absolute atomic E-state index is 10.7. The van der Waals surface area contributed by atoms with Crippen LogP contribution in [0.1, 0.15) is 5.56 Å². The van der Waals surface area contributed by atoms with Crippen LogP contribution in [-0.2, 0) is 6.54 Å². The Bertz CT molecular complexity index is 356. The summed E-state index contributed by atoms with van der Waals surface area (Å²) in [6.45, 7) is 0.153. The number of benzene rings is 1. The maximum atomic E-state index is 10.7. The molecule has 6 nitrogen and oxygen atoms in total. The van der Waals surface area contributed by atoms with Crippen molar-refractivity contribution in [2.24, 2.45) is 0 Å². The van der Waals surface area contributed by atoms with Crippen LogP contribution in [0.4, 0.5) is 5.69 Å². The van der Waals surface area contributed by atoms with E-state index in [-0.39, 0.29) is 25.4 Å². The lowest BCUT2D eigenvalue weighted by molar-refractivity contribution is -0.385. The van der Waals surface area contributed by atoms with Crippen LogP contribution in [0.25, 0.3) is 0 Å². The fraction of sp³-hybridized carbons (Fsp3) is 0.400. The topological polar surface area (TPSA) is 95.6 Å². The molecule has 0 aliphatic rings. The number of nitro benzene ring substituents is 1. The summed E-state index contributed by atoms with van der Waals surface area (Å²) in [6, 6.07) is 6.40. The number of hydrogen-bond donors (Lipinski definition) is 3. The molecule has 0 fully saturated rings. The van der Waals surface area contributed by atoms with E-state index in [2.05, 4.69) is 5.32 Å². The summed E-state index contributed by atoms with van der Waals surface area (Å²) in [7, 11) is 0. The number of para-hydroxylation sites is 1. The third-order valence-electron chi connectivity index (χ3n) is 2.09. The fourth-order valence-electron chi connectivity index (χ4n) is 1.28. The van der Waals surface area contributed by atoms with Crippen molar-refractivity contribution in [3.8, 4) is 0 Å². The Morgan fingerprint density at radius 1 is 1.44 bits per heavy atom. The van der Waals surface area contributed by atoms with Gasteiger partial charge in [-0.25, -0.2) is 0 Å². The third kappa shape index (κ3) is 3.58. The highest BCUT2D eigenvalue weighted by molar-refractivity contribution is 5.39. The highest BCUT2D eigenvalue weighted by atomic mass is 16.6. The van der Waals surface area contributed by atoms with Crippen molar-refractivity contribution in [3.05, 3.63) is 39.9 Å². The first kappa shape index (κ1) is 12.6. The summed E-state index contributed by atoms with van der Waals surface area (Å²) in [4.78, 5) is 10.2. The van der Waals surface area contributed by atoms with Crippen molar-refractivity contribution in [2.45, 2.75) is 12.6 Å². The Labute approximate surface area is 92.7 Å². The number of aliphatic hydroxyl groups is 2. The summed E-state index contributed by atoms with van der Waals surface area (Å²) in [5.74, 6) is 0. The molecule has 1 aromatic carbocycles. The molecule has 0 spiro atoms. The average molecular weight is 226 g/mol. The van der Waals surface area contributed by atoms with Crippen LogP contribution < -0.4 is 5.32 Å². The van der Waals surface area contributed by atoms with Gasteiger partial charge < -0.3 is 15.5 Å². The monoisotopic (exact) mass is 226 g/mol. The molecule has 0 saturated heterocycles. The molecule has 0 amide bonds. The van der Waals surface area contributed by atoms with Gasteiger partial charge in [0, 0.05) is 24.7 Å². The Hall–Kier alpha value is -1.50. The zero-order chi connectivity index (χ0) is 12.0. The fourth-order valence-corrected chi connectivity index (χ4v) is 1.28. The van der Waals surface area contributed by atoms with Gasteiger partial charge in [0.1, 0.15) is 0 Å². The van der Waals surface area contributed by atoms with Gasteiger partial charge in [-0.1, -0.05) is 18.2 Å². The summed E-state index contributed by atoms with van der Waals surface area (Å²) >= 11 is 0. The van der Waals surface area contributed by atoms with Gasteiger partial charge in [-0.15, -0.1) is 0 Å². The normalized spacial score (nSPS) is 12.4. The molecule has 1 aromatic rings. The number of nitro groups is 1. The second kappa shape index (κ2) is 6.16. The van der Waals surface area contributed by atoms with E-state index in [1.54, 1.807) is 18.2 Å². The van der Waals surface area contributed by atoms with E-state index in [4.69, 9.17) is 10.2 Å². The predicted octanol–water partition coefficient (Wildman–Crippen LogP) is 0.0376. The van der Waals surface area contributed by atoms with Crippen molar-refractivity contribution in [1.82, 2.24) is 5.32 Å². The highest BCUT2D eigenvalue weighted by Gasteiger charge is 2.11. The van der Waals surface area contributed by atoms with E-state index in [0.717, 1.165) is 0 Å². The van der Waals surface area contributed by atoms with E-state index < -0.39 is 11.0 Å². The Balaban J connectivity index is 2.56. The van der Waals surface area contributed by atoms with E-state index >= 15 is 0 Å².